The second kappa shape index (κ2) is 7.18. The molecule has 0 atom stereocenters. The first kappa shape index (κ1) is 17.3. The van der Waals surface area contributed by atoms with Gasteiger partial charge in [-0.25, -0.2) is 0 Å². The molecule has 1 aliphatic carbocycles. The van der Waals surface area contributed by atoms with E-state index in [4.69, 9.17) is 21.7 Å². The molecule has 1 aromatic rings. The molecule has 24 heavy (non-hydrogen) atoms. The number of hydrogen-bond acceptors (Lipinski definition) is 3. The summed E-state index contributed by atoms with van der Waals surface area (Å²) in [4.78, 5) is 0. The Morgan fingerprint density at radius 2 is 1.88 bits per heavy atom. The van der Waals surface area contributed by atoms with E-state index in [-0.39, 0.29) is 0 Å². The molecular weight excluding hydrogens is 320 g/mol. The van der Waals surface area contributed by atoms with Crippen LogP contribution in [0.4, 0.5) is 5.69 Å². The molecule has 4 nitrogen and oxygen atoms in total. The third-order valence-corrected chi connectivity index (χ3v) is 5.93. The van der Waals surface area contributed by atoms with Crippen LogP contribution < -0.4 is 20.1 Å². The van der Waals surface area contributed by atoms with Crippen molar-refractivity contribution in [2.45, 2.75) is 58.9 Å². The largest absolute Gasteiger partial charge is 0.454 e. The highest BCUT2D eigenvalue weighted by atomic mass is 32.1. The summed E-state index contributed by atoms with van der Waals surface area (Å²) < 4.78 is 10.7. The highest BCUT2D eigenvalue weighted by Crippen LogP contribution is 2.40. The Kier molecular flexibility index (Phi) is 5.18. The zero-order valence-corrected chi connectivity index (χ0v) is 15.7. The number of ether oxygens (including phenoxy) is 2. The van der Waals surface area contributed by atoms with Gasteiger partial charge in [0.05, 0.1) is 0 Å². The fourth-order valence-corrected chi connectivity index (χ4v) is 3.92. The molecule has 1 fully saturated rings. The Bertz CT molecular complexity index is 595. The molecule has 2 aliphatic rings. The molecule has 132 valence electrons. The molecule has 5 heteroatoms. The van der Waals surface area contributed by atoms with E-state index in [1.165, 1.54) is 32.1 Å². The first-order chi connectivity index (χ1) is 11.5. The molecule has 1 aliphatic heterocycles. The van der Waals surface area contributed by atoms with Crippen molar-refractivity contribution in [1.29, 1.82) is 0 Å². The van der Waals surface area contributed by atoms with E-state index in [1.54, 1.807) is 0 Å². The van der Waals surface area contributed by atoms with E-state index in [1.807, 2.05) is 18.2 Å². The lowest BCUT2D eigenvalue weighted by Gasteiger charge is -2.39. The smallest absolute Gasteiger partial charge is 0.231 e. The van der Waals surface area contributed by atoms with Gasteiger partial charge in [0.2, 0.25) is 6.79 Å². The van der Waals surface area contributed by atoms with E-state index >= 15 is 0 Å². The Labute approximate surface area is 150 Å². The molecule has 0 saturated heterocycles. The normalized spacial score (nSPS) is 23.0. The number of hydrogen-bond donors (Lipinski definition) is 2. The monoisotopic (exact) mass is 348 g/mol. The highest BCUT2D eigenvalue weighted by Gasteiger charge is 2.31. The zero-order valence-electron chi connectivity index (χ0n) is 14.9. The van der Waals surface area contributed by atoms with Crippen LogP contribution in [-0.2, 0) is 0 Å². The fourth-order valence-electron chi connectivity index (χ4n) is 3.63. The van der Waals surface area contributed by atoms with Gasteiger partial charge in [-0.15, -0.1) is 0 Å². The van der Waals surface area contributed by atoms with Crippen LogP contribution >= 0.6 is 12.2 Å². The number of rotatable bonds is 4. The summed E-state index contributed by atoms with van der Waals surface area (Å²) in [6.45, 7) is 7.39. The molecule has 1 saturated carbocycles. The SMILES string of the molecule is CCC(C)(C)C1CCC(NC(=S)Nc2ccc3c(c2)OCO3)CC1. The van der Waals surface area contributed by atoms with Crippen molar-refractivity contribution in [3.8, 4) is 11.5 Å². The van der Waals surface area contributed by atoms with Gasteiger partial charge in [0.1, 0.15) is 0 Å². The van der Waals surface area contributed by atoms with Crippen LogP contribution in [0.1, 0.15) is 52.9 Å². The molecule has 0 spiro atoms. The van der Waals surface area contributed by atoms with E-state index in [9.17, 15) is 0 Å². The van der Waals surface area contributed by atoms with Crippen molar-refractivity contribution in [2.75, 3.05) is 12.1 Å². The summed E-state index contributed by atoms with van der Waals surface area (Å²) in [7, 11) is 0. The van der Waals surface area contributed by atoms with E-state index in [0.717, 1.165) is 23.1 Å². The van der Waals surface area contributed by atoms with Gasteiger partial charge in [-0.2, -0.15) is 0 Å². The summed E-state index contributed by atoms with van der Waals surface area (Å²) in [6, 6.07) is 6.27. The zero-order chi connectivity index (χ0) is 17.2. The van der Waals surface area contributed by atoms with Gasteiger partial charge in [0.25, 0.3) is 0 Å². The Balaban J connectivity index is 1.48. The van der Waals surface area contributed by atoms with Crippen molar-refractivity contribution < 1.29 is 9.47 Å². The van der Waals surface area contributed by atoms with Gasteiger partial charge in [0, 0.05) is 17.8 Å². The van der Waals surface area contributed by atoms with E-state index < -0.39 is 0 Å². The molecule has 1 heterocycles. The third kappa shape index (κ3) is 3.94. The molecule has 0 aromatic heterocycles. The Morgan fingerprint density at radius 3 is 2.58 bits per heavy atom. The fraction of sp³-hybridized carbons (Fsp3) is 0.632. The third-order valence-electron chi connectivity index (χ3n) is 5.71. The molecular formula is C19H28N2O2S. The van der Waals surface area contributed by atoms with Gasteiger partial charge in [0.15, 0.2) is 16.6 Å². The molecule has 0 amide bonds. The first-order valence-corrected chi connectivity index (χ1v) is 9.36. The summed E-state index contributed by atoms with van der Waals surface area (Å²) in [5.74, 6) is 2.39. The van der Waals surface area contributed by atoms with Crippen molar-refractivity contribution in [3.63, 3.8) is 0 Å². The van der Waals surface area contributed by atoms with Crippen LogP contribution in [0.15, 0.2) is 18.2 Å². The standard InChI is InChI=1S/C19H28N2O2S/c1-4-19(2,3)13-5-7-14(8-6-13)20-18(24)21-15-9-10-16-17(11-15)23-12-22-16/h9-11,13-14H,4-8,12H2,1-3H3,(H2,20,21,24). The number of benzene rings is 1. The van der Waals surface area contributed by atoms with E-state index in [2.05, 4.69) is 31.4 Å². The van der Waals surface area contributed by atoms with Gasteiger partial charge >= 0.3 is 0 Å². The molecule has 0 radical (unpaired) electrons. The summed E-state index contributed by atoms with van der Waals surface area (Å²) in [5.41, 5.74) is 1.38. The minimum atomic E-state index is 0.291. The molecule has 0 unspecified atom stereocenters. The summed E-state index contributed by atoms with van der Waals surface area (Å²) >= 11 is 5.48. The predicted octanol–water partition coefficient (Wildman–Crippen LogP) is 4.70. The Morgan fingerprint density at radius 1 is 1.17 bits per heavy atom. The van der Waals surface area contributed by atoms with Gasteiger partial charge in [-0.1, -0.05) is 27.2 Å². The van der Waals surface area contributed by atoms with Crippen LogP contribution in [0, 0.1) is 11.3 Å². The number of anilines is 1. The number of thiocarbonyl (C=S) groups is 1. The second-order valence-electron chi connectivity index (χ2n) is 7.56. The van der Waals surface area contributed by atoms with Gasteiger partial charge in [-0.05, 0) is 61.4 Å². The highest BCUT2D eigenvalue weighted by molar-refractivity contribution is 7.80. The van der Waals surface area contributed by atoms with Crippen molar-refractivity contribution in [1.82, 2.24) is 5.32 Å². The lowest BCUT2D eigenvalue weighted by atomic mass is 9.69. The maximum atomic E-state index is 5.48. The topological polar surface area (TPSA) is 42.5 Å². The molecule has 3 rings (SSSR count). The van der Waals surface area contributed by atoms with Crippen molar-refractivity contribution in [2.24, 2.45) is 11.3 Å². The average Bonchev–Trinajstić information content (AvgIpc) is 3.03. The quantitative estimate of drug-likeness (QED) is 0.772. The summed E-state index contributed by atoms with van der Waals surface area (Å²) in [6.07, 6.45) is 6.20. The van der Waals surface area contributed by atoms with Crippen LogP contribution in [0.2, 0.25) is 0 Å². The predicted molar refractivity (Wildman–Crippen MR) is 102 cm³/mol. The average molecular weight is 349 g/mol. The first-order valence-electron chi connectivity index (χ1n) is 8.95. The van der Waals surface area contributed by atoms with Crippen molar-refractivity contribution in [3.05, 3.63) is 18.2 Å². The molecule has 1 aromatic carbocycles. The van der Waals surface area contributed by atoms with Crippen LogP contribution in [0.3, 0.4) is 0 Å². The number of nitrogens with one attached hydrogen (secondary N) is 2. The summed E-state index contributed by atoms with van der Waals surface area (Å²) in [5, 5.41) is 7.42. The lowest BCUT2D eigenvalue weighted by molar-refractivity contribution is 0.141. The minimum absolute atomic E-state index is 0.291. The molecule has 0 bridgehead atoms. The Hall–Kier alpha value is -1.49. The number of fused-ring (bicyclic) bond motifs is 1. The maximum Gasteiger partial charge on any atom is 0.231 e. The van der Waals surface area contributed by atoms with Crippen molar-refractivity contribution >= 4 is 23.0 Å². The second-order valence-corrected chi connectivity index (χ2v) is 7.97. The molecule has 2 N–H and O–H groups in total. The maximum absolute atomic E-state index is 5.48. The van der Waals surface area contributed by atoms with Crippen LogP contribution in [0.25, 0.3) is 0 Å². The van der Waals surface area contributed by atoms with E-state index in [0.29, 0.717) is 23.4 Å². The van der Waals surface area contributed by atoms with Gasteiger partial charge in [-0.3, -0.25) is 0 Å². The van der Waals surface area contributed by atoms with Gasteiger partial charge < -0.3 is 20.1 Å². The minimum Gasteiger partial charge on any atom is -0.454 e. The van der Waals surface area contributed by atoms with Crippen LogP contribution in [0.5, 0.6) is 11.5 Å². The lowest BCUT2D eigenvalue weighted by Crippen LogP contribution is -2.41. The van der Waals surface area contributed by atoms with Crippen LogP contribution in [-0.4, -0.2) is 17.9 Å².